The number of piperazine rings is 1. The molecule has 27 heavy (non-hydrogen) atoms. The van der Waals surface area contributed by atoms with Crippen molar-refractivity contribution in [1.82, 2.24) is 0 Å². The van der Waals surface area contributed by atoms with Crippen LogP contribution in [0.2, 0.25) is 5.02 Å². The molecule has 3 rings (SSSR count). The first-order valence-corrected chi connectivity index (χ1v) is 8.88. The molecule has 0 bridgehead atoms. The molecule has 1 aliphatic rings. The fraction of sp³-hybridized carbons (Fsp3) is 0.278. The van der Waals surface area contributed by atoms with Crippen molar-refractivity contribution < 1.29 is 19.0 Å². The third-order valence-corrected chi connectivity index (χ3v) is 4.72. The second kappa shape index (κ2) is 8.32. The molecule has 1 heterocycles. The highest BCUT2D eigenvalue weighted by atomic mass is 35.5. The van der Waals surface area contributed by atoms with E-state index in [9.17, 15) is 19.3 Å². The molecule has 2 aromatic rings. The third-order valence-electron chi connectivity index (χ3n) is 4.48. The Hall–Kier alpha value is -2.71. The first-order chi connectivity index (χ1) is 12.9. The van der Waals surface area contributed by atoms with E-state index in [1.807, 2.05) is 4.90 Å². The first-order valence-electron chi connectivity index (χ1n) is 8.50. The van der Waals surface area contributed by atoms with Crippen LogP contribution in [0.5, 0.6) is 0 Å². The van der Waals surface area contributed by atoms with Gasteiger partial charge in [-0.1, -0.05) is 11.6 Å². The van der Waals surface area contributed by atoms with Gasteiger partial charge >= 0.3 is 0 Å². The molecular formula is C18H19ClFN4O3+. The quantitative estimate of drug-likeness (QED) is 0.599. The number of carbonyl (C=O) groups is 1. The second-order valence-electron chi connectivity index (χ2n) is 6.36. The van der Waals surface area contributed by atoms with E-state index in [-0.39, 0.29) is 24.0 Å². The Morgan fingerprint density at radius 2 is 1.89 bits per heavy atom. The fourth-order valence-corrected chi connectivity index (χ4v) is 3.28. The minimum Gasteiger partial charge on any atom is -0.355 e. The number of benzene rings is 2. The van der Waals surface area contributed by atoms with Gasteiger partial charge in [-0.05, 0) is 36.4 Å². The van der Waals surface area contributed by atoms with E-state index in [4.69, 9.17) is 11.6 Å². The summed E-state index contributed by atoms with van der Waals surface area (Å²) >= 11 is 5.86. The van der Waals surface area contributed by atoms with Crippen LogP contribution in [0.15, 0.2) is 42.5 Å². The van der Waals surface area contributed by atoms with Gasteiger partial charge in [0.2, 0.25) is 0 Å². The van der Waals surface area contributed by atoms with Crippen LogP contribution >= 0.6 is 11.6 Å². The minimum absolute atomic E-state index is 0.0139. The van der Waals surface area contributed by atoms with Crippen LogP contribution in [0, 0.1) is 15.9 Å². The molecule has 0 saturated carbocycles. The van der Waals surface area contributed by atoms with Gasteiger partial charge < -0.3 is 15.1 Å². The molecule has 7 nitrogen and oxygen atoms in total. The lowest BCUT2D eigenvalue weighted by Gasteiger charge is -2.33. The molecule has 1 saturated heterocycles. The summed E-state index contributed by atoms with van der Waals surface area (Å²) in [6.45, 7) is 2.84. The number of nitro groups is 1. The number of hydrogen-bond acceptors (Lipinski definition) is 4. The highest BCUT2D eigenvalue weighted by Crippen LogP contribution is 2.30. The van der Waals surface area contributed by atoms with E-state index in [0.29, 0.717) is 42.6 Å². The van der Waals surface area contributed by atoms with Crippen molar-refractivity contribution in [2.24, 2.45) is 0 Å². The molecule has 2 N–H and O–H groups in total. The van der Waals surface area contributed by atoms with Gasteiger partial charge in [0, 0.05) is 16.8 Å². The maximum Gasteiger partial charge on any atom is 0.294 e. The number of nitro benzene ring substituents is 1. The topological polar surface area (TPSA) is 79.9 Å². The number of anilines is 2. The normalized spacial score (nSPS) is 14.8. The van der Waals surface area contributed by atoms with E-state index in [1.165, 1.54) is 30.3 Å². The summed E-state index contributed by atoms with van der Waals surface area (Å²) in [5, 5.41) is 14.3. The smallest absolute Gasteiger partial charge is 0.294 e. The lowest BCUT2D eigenvalue weighted by atomic mass is 10.2. The standard InChI is InChI=1S/C18H18ClFN4O3/c19-13-1-6-16(17(11-13)24(26)27)23-9-7-22(8-10-23)12-18(25)21-15-4-2-14(20)3-5-15/h1-6,11H,7-10,12H2,(H,21,25)/p+1. The number of amides is 1. The van der Waals surface area contributed by atoms with Gasteiger partial charge in [0.1, 0.15) is 11.5 Å². The molecule has 2 aromatic carbocycles. The molecule has 142 valence electrons. The van der Waals surface area contributed by atoms with Crippen molar-refractivity contribution in [2.75, 3.05) is 42.9 Å². The Balaban J connectivity index is 1.55. The van der Waals surface area contributed by atoms with Gasteiger partial charge in [-0.25, -0.2) is 4.39 Å². The second-order valence-corrected chi connectivity index (χ2v) is 6.80. The molecule has 0 unspecified atom stereocenters. The zero-order valence-corrected chi connectivity index (χ0v) is 15.2. The summed E-state index contributed by atoms with van der Waals surface area (Å²) in [4.78, 5) is 26.0. The highest BCUT2D eigenvalue weighted by molar-refractivity contribution is 6.30. The van der Waals surface area contributed by atoms with Gasteiger partial charge in [-0.15, -0.1) is 0 Å². The zero-order chi connectivity index (χ0) is 19.4. The van der Waals surface area contributed by atoms with Crippen LogP contribution in [-0.4, -0.2) is 43.6 Å². The molecule has 9 heteroatoms. The average molecular weight is 394 g/mol. The Labute approximate surface area is 160 Å². The van der Waals surface area contributed by atoms with Gasteiger partial charge in [0.15, 0.2) is 6.54 Å². The molecule has 0 aromatic heterocycles. The average Bonchev–Trinajstić information content (AvgIpc) is 2.64. The maximum absolute atomic E-state index is 12.9. The van der Waals surface area contributed by atoms with Crippen molar-refractivity contribution >= 4 is 34.6 Å². The zero-order valence-electron chi connectivity index (χ0n) is 14.5. The minimum atomic E-state index is -0.434. The van der Waals surface area contributed by atoms with Crippen molar-refractivity contribution in [3.05, 3.63) is 63.4 Å². The molecule has 0 atom stereocenters. The Kier molecular flexibility index (Phi) is 5.88. The van der Waals surface area contributed by atoms with Gasteiger partial charge in [0.25, 0.3) is 11.6 Å². The number of nitrogens with one attached hydrogen (secondary N) is 2. The van der Waals surface area contributed by atoms with Crippen LogP contribution < -0.4 is 15.1 Å². The highest BCUT2D eigenvalue weighted by Gasteiger charge is 2.26. The van der Waals surface area contributed by atoms with Gasteiger partial charge in [-0.2, -0.15) is 0 Å². The number of rotatable bonds is 5. The fourth-order valence-electron chi connectivity index (χ4n) is 3.12. The molecule has 1 amide bonds. The summed E-state index contributed by atoms with van der Waals surface area (Å²) in [5.74, 6) is -0.506. The molecular weight excluding hydrogens is 375 g/mol. The van der Waals surface area contributed by atoms with E-state index >= 15 is 0 Å². The third kappa shape index (κ3) is 4.93. The summed E-state index contributed by atoms with van der Waals surface area (Å²) in [6.07, 6.45) is 0. The number of carbonyl (C=O) groups excluding carboxylic acids is 1. The number of halogens is 2. The largest absolute Gasteiger partial charge is 0.355 e. The first kappa shape index (κ1) is 19.1. The lowest BCUT2D eigenvalue weighted by Crippen LogP contribution is -3.15. The van der Waals surface area contributed by atoms with Crippen molar-refractivity contribution in [1.29, 1.82) is 0 Å². The summed E-state index contributed by atoms with van der Waals surface area (Å²) < 4.78 is 12.9. The Morgan fingerprint density at radius 3 is 2.52 bits per heavy atom. The predicted octanol–water partition coefficient (Wildman–Crippen LogP) is 1.73. The van der Waals surface area contributed by atoms with Crippen LogP contribution in [-0.2, 0) is 4.79 Å². The van der Waals surface area contributed by atoms with E-state index in [0.717, 1.165) is 4.90 Å². The SMILES string of the molecule is O=C(C[NH+]1CCN(c2ccc(Cl)cc2[N+](=O)[O-])CC1)Nc1ccc(F)cc1. The van der Waals surface area contributed by atoms with Gasteiger partial charge in [-0.3, -0.25) is 14.9 Å². The maximum atomic E-state index is 12.9. The van der Waals surface area contributed by atoms with Crippen molar-refractivity contribution in [3.63, 3.8) is 0 Å². The summed E-state index contributed by atoms with van der Waals surface area (Å²) in [7, 11) is 0. The molecule has 1 aliphatic heterocycles. The monoisotopic (exact) mass is 393 g/mol. The van der Waals surface area contributed by atoms with E-state index in [1.54, 1.807) is 12.1 Å². The summed E-state index contributed by atoms with van der Waals surface area (Å²) in [6, 6.07) is 10.3. The molecule has 0 aliphatic carbocycles. The number of nitrogens with zero attached hydrogens (tertiary/aromatic N) is 2. The molecule has 0 spiro atoms. The van der Waals surface area contributed by atoms with Crippen LogP contribution in [0.1, 0.15) is 0 Å². The Bertz CT molecular complexity index is 839. The van der Waals surface area contributed by atoms with Crippen molar-refractivity contribution in [2.45, 2.75) is 0 Å². The van der Waals surface area contributed by atoms with Gasteiger partial charge in [0.05, 0.1) is 31.1 Å². The van der Waals surface area contributed by atoms with Crippen LogP contribution in [0.4, 0.5) is 21.5 Å². The molecule has 1 fully saturated rings. The lowest BCUT2D eigenvalue weighted by molar-refractivity contribution is -0.892. The van der Waals surface area contributed by atoms with Crippen molar-refractivity contribution in [3.8, 4) is 0 Å². The molecule has 0 radical (unpaired) electrons. The Morgan fingerprint density at radius 1 is 1.22 bits per heavy atom. The van der Waals surface area contributed by atoms with Crippen LogP contribution in [0.3, 0.4) is 0 Å². The van der Waals surface area contributed by atoms with E-state index < -0.39 is 4.92 Å². The van der Waals surface area contributed by atoms with Crippen LogP contribution in [0.25, 0.3) is 0 Å². The predicted molar refractivity (Wildman–Crippen MR) is 101 cm³/mol. The van der Waals surface area contributed by atoms with E-state index in [2.05, 4.69) is 5.32 Å². The summed E-state index contributed by atoms with van der Waals surface area (Å²) in [5.41, 5.74) is 1.08. The number of hydrogen-bond donors (Lipinski definition) is 2. The number of quaternary nitrogens is 1.